The van der Waals surface area contributed by atoms with Crippen molar-refractivity contribution < 1.29 is 4.79 Å². The summed E-state index contributed by atoms with van der Waals surface area (Å²) in [6.07, 6.45) is 1.86. The number of amides is 1. The van der Waals surface area contributed by atoms with Gasteiger partial charge in [-0.2, -0.15) is 5.26 Å². The van der Waals surface area contributed by atoms with Gasteiger partial charge in [0.15, 0.2) is 0 Å². The van der Waals surface area contributed by atoms with E-state index in [9.17, 15) is 4.79 Å². The predicted octanol–water partition coefficient (Wildman–Crippen LogP) is 2.42. The van der Waals surface area contributed by atoms with Crippen LogP contribution in [0.5, 0.6) is 0 Å². The second-order valence-electron chi connectivity index (χ2n) is 3.91. The molecular weight excluding hydrogens is 252 g/mol. The second kappa shape index (κ2) is 7.64. The van der Waals surface area contributed by atoms with Gasteiger partial charge in [-0.15, -0.1) is 0 Å². The molecule has 0 heterocycles. The molecule has 0 saturated carbocycles. The Kier molecular flexibility index (Phi) is 5.85. The minimum absolute atomic E-state index is 0.00477. The summed E-state index contributed by atoms with van der Waals surface area (Å²) in [5.41, 5.74) is 2.15. The number of rotatable bonds is 4. The molecule has 0 atom stereocenters. The molecule has 5 nitrogen and oxygen atoms in total. The van der Waals surface area contributed by atoms with Gasteiger partial charge >= 0.3 is 0 Å². The van der Waals surface area contributed by atoms with Crippen molar-refractivity contribution in [1.82, 2.24) is 5.32 Å². The van der Waals surface area contributed by atoms with E-state index in [0.717, 1.165) is 11.3 Å². The van der Waals surface area contributed by atoms with Crippen LogP contribution in [0.25, 0.3) is 5.70 Å². The van der Waals surface area contributed by atoms with Crippen molar-refractivity contribution >= 4 is 24.2 Å². The van der Waals surface area contributed by atoms with Crippen LogP contribution < -0.4 is 5.32 Å². The molecule has 1 N–H and O–H groups in total. The number of nitrogens with one attached hydrogen (secondary N) is 1. The van der Waals surface area contributed by atoms with Crippen LogP contribution in [-0.2, 0) is 0 Å². The zero-order chi connectivity index (χ0) is 15.0. The first-order valence-corrected chi connectivity index (χ1v) is 6.06. The van der Waals surface area contributed by atoms with Gasteiger partial charge in [-0.05, 0) is 38.3 Å². The number of nitrogens with zero attached hydrogens (tertiary/aromatic N) is 3. The van der Waals surface area contributed by atoms with E-state index in [-0.39, 0.29) is 12.5 Å². The van der Waals surface area contributed by atoms with Crippen molar-refractivity contribution in [2.75, 3.05) is 6.54 Å². The molecule has 5 heteroatoms. The number of aliphatic imine (C=N–C) groups is 2. The standard InChI is InChI=1S/C15H16N4O/c1-4-14(19-11(2)17-3)12-5-7-13(8-6-12)15(20)18-10-9-16/h4-8H,3,10H2,1-2H3,(H,18,20)/b14-4-,19-11?. The van der Waals surface area contributed by atoms with Gasteiger partial charge in [-0.25, -0.2) is 9.98 Å². The van der Waals surface area contributed by atoms with Gasteiger partial charge in [0.1, 0.15) is 12.4 Å². The van der Waals surface area contributed by atoms with E-state index >= 15 is 0 Å². The molecule has 0 aliphatic rings. The summed E-state index contributed by atoms with van der Waals surface area (Å²) in [5, 5.41) is 10.9. The zero-order valence-electron chi connectivity index (χ0n) is 11.6. The van der Waals surface area contributed by atoms with Crippen LogP contribution in [0.4, 0.5) is 0 Å². The molecule has 0 saturated heterocycles. The molecule has 0 unspecified atom stereocenters. The molecule has 1 aromatic rings. The molecule has 0 aromatic heterocycles. The van der Waals surface area contributed by atoms with E-state index in [1.165, 1.54) is 0 Å². The fourth-order valence-electron chi connectivity index (χ4n) is 1.52. The molecule has 1 rings (SSSR count). The Morgan fingerprint density at radius 1 is 1.40 bits per heavy atom. The molecule has 0 bridgehead atoms. The second-order valence-corrected chi connectivity index (χ2v) is 3.91. The largest absolute Gasteiger partial charge is 0.339 e. The number of hydrogen-bond acceptors (Lipinski definition) is 3. The van der Waals surface area contributed by atoms with E-state index in [4.69, 9.17) is 5.26 Å². The van der Waals surface area contributed by atoms with Crippen molar-refractivity contribution in [3.8, 4) is 6.07 Å². The summed E-state index contributed by atoms with van der Waals surface area (Å²) < 4.78 is 0. The zero-order valence-corrected chi connectivity index (χ0v) is 11.6. The number of hydrogen-bond donors (Lipinski definition) is 1. The quantitative estimate of drug-likeness (QED) is 0.517. The lowest BCUT2D eigenvalue weighted by atomic mass is 10.1. The molecule has 20 heavy (non-hydrogen) atoms. The lowest BCUT2D eigenvalue weighted by Crippen LogP contribution is -2.23. The van der Waals surface area contributed by atoms with Crippen LogP contribution in [-0.4, -0.2) is 25.0 Å². The average molecular weight is 268 g/mol. The maximum atomic E-state index is 11.7. The molecule has 0 spiro atoms. The van der Waals surface area contributed by atoms with Gasteiger partial charge in [0.2, 0.25) is 0 Å². The highest BCUT2D eigenvalue weighted by Crippen LogP contribution is 2.17. The monoisotopic (exact) mass is 268 g/mol. The van der Waals surface area contributed by atoms with Crippen molar-refractivity contribution in [1.29, 1.82) is 5.26 Å². The molecule has 0 radical (unpaired) electrons. The molecule has 1 amide bonds. The molecule has 0 aliphatic heterocycles. The number of carbonyl (C=O) groups excluding carboxylic acids is 1. The first kappa shape index (κ1) is 15.3. The third kappa shape index (κ3) is 4.18. The van der Waals surface area contributed by atoms with Crippen LogP contribution in [0, 0.1) is 11.3 Å². The number of allylic oxidation sites excluding steroid dienone is 1. The summed E-state index contributed by atoms with van der Waals surface area (Å²) in [5.74, 6) is 0.307. The molecular formula is C15H16N4O. The molecule has 0 aliphatic carbocycles. The summed E-state index contributed by atoms with van der Waals surface area (Å²) in [6, 6.07) is 8.85. The lowest BCUT2D eigenvalue weighted by Gasteiger charge is -2.05. The fraction of sp³-hybridized carbons (Fsp3) is 0.200. The molecule has 1 aromatic carbocycles. The van der Waals surface area contributed by atoms with Gasteiger partial charge in [0.05, 0.1) is 11.8 Å². The SMILES string of the molecule is C=NC(C)=N/C(=C\C)c1ccc(C(=O)NCC#N)cc1. The van der Waals surface area contributed by atoms with Crippen molar-refractivity contribution in [3.63, 3.8) is 0 Å². The van der Waals surface area contributed by atoms with Gasteiger partial charge in [0.25, 0.3) is 5.91 Å². The Hall–Kier alpha value is -2.74. The summed E-state index contributed by atoms with van der Waals surface area (Å²) in [7, 11) is 0. The van der Waals surface area contributed by atoms with Gasteiger partial charge < -0.3 is 5.32 Å². The van der Waals surface area contributed by atoms with E-state index in [1.54, 1.807) is 31.2 Å². The number of carbonyl (C=O) groups is 1. The summed E-state index contributed by atoms with van der Waals surface area (Å²) >= 11 is 0. The van der Waals surface area contributed by atoms with Gasteiger partial charge in [0, 0.05) is 5.56 Å². The van der Waals surface area contributed by atoms with Gasteiger partial charge in [-0.1, -0.05) is 18.2 Å². The van der Waals surface area contributed by atoms with E-state index in [2.05, 4.69) is 22.0 Å². The van der Waals surface area contributed by atoms with Crippen LogP contribution in [0.15, 0.2) is 40.3 Å². The predicted molar refractivity (Wildman–Crippen MR) is 80.7 cm³/mol. The fourth-order valence-corrected chi connectivity index (χ4v) is 1.52. The number of amidine groups is 1. The lowest BCUT2D eigenvalue weighted by molar-refractivity contribution is 0.0958. The van der Waals surface area contributed by atoms with Gasteiger partial charge in [-0.3, -0.25) is 4.79 Å². The van der Waals surface area contributed by atoms with Crippen LogP contribution in [0.1, 0.15) is 29.8 Å². The average Bonchev–Trinajstić information content (AvgIpc) is 2.50. The number of nitriles is 1. The van der Waals surface area contributed by atoms with Crippen molar-refractivity contribution in [2.45, 2.75) is 13.8 Å². The topological polar surface area (TPSA) is 77.6 Å². The van der Waals surface area contributed by atoms with Crippen LogP contribution >= 0.6 is 0 Å². The Balaban J connectivity index is 2.93. The Labute approximate surface area is 118 Å². The van der Waals surface area contributed by atoms with Crippen LogP contribution in [0.2, 0.25) is 0 Å². The highest BCUT2D eigenvalue weighted by molar-refractivity contribution is 5.95. The normalized spacial score (nSPS) is 11.7. The van der Waals surface area contributed by atoms with Crippen molar-refractivity contribution in [2.24, 2.45) is 9.98 Å². The van der Waals surface area contributed by atoms with E-state index < -0.39 is 0 Å². The first-order valence-electron chi connectivity index (χ1n) is 6.06. The minimum Gasteiger partial charge on any atom is -0.339 e. The Bertz CT molecular complexity index is 591. The van der Waals surface area contributed by atoms with Crippen molar-refractivity contribution in [3.05, 3.63) is 41.5 Å². The molecule has 0 fully saturated rings. The third-order valence-electron chi connectivity index (χ3n) is 2.56. The Morgan fingerprint density at radius 3 is 2.50 bits per heavy atom. The highest BCUT2D eigenvalue weighted by Gasteiger charge is 2.05. The maximum absolute atomic E-state index is 11.7. The Morgan fingerprint density at radius 2 is 2.00 bits per heavy atom. The highest BCUT2D eigenvalue weighted by atomic mass is 16.1. The molecule has 102 valence electrons. The number of benzene rings is 1. The third-order valence-corrected chi connectivity index (χ3v) is 2.56. The maximum Gasteiger partial charge on any atom is 0.252 e. The summed E-state index contributed by atoms with van der Waals surface area (Å²) in [6.45, 7) is 7.06. The van der Waals surface area contributed by atoms with E-state index in [0.29, 0.717) is 11.4 Å². The minimum atomic E-state index is -0.271. The summed E-state index contributed by atoms with van der Waals surface area (Å²) in [4.78, 5) is 19.7. The smallest absolute Gasteiger partial charge is 0.252 e. The first-order chi connectivity index (χ1) is 9.62. The van der Waals surface area contributed by atoms with E-state index in [1.807, 2.05) is 19.1 Å². The van der Waals surface area contributed by atoms with Crippen LogP contribution in [0.3, 0.4) is 0 Å².